The fraction of sp³-hybridized carbons (Fsp3) is 0.286. The number of aromatic nitrogens is 2. The van der Waals surface area contributed by atoms with Crippen molar-refractivity contribution < 1.29 is 13.2 Å². The number of hydrogen-bond donors (Lipinski definition) is 2. The Balaban J connectivity index is 1.81. The van der Waals surface area contributed by atoms with E-state index in [-0.39, 0.29) is 10.8 Å². The average Bonchev–Trinajstić information content (AvgIpc) is 2.89. The van der Waals surface area contributed by atoms with E-state index >= 15 is 0 Å². The second-order valence-corrected chi connectivity index (χ2v) is 6.02. The fourth-order valence-electron chi connectivity index (χ4n) is 1.91. The van der Waals surface area contributed by atoms with Crippen LogP contribution in [-0.4, -0.2) is 21.4 Å². The zero-order valence-electron chi connectivity index (χ0n) is 11.9. The average molecular weight is 407 g/mol. The number of thiocarbonyl (C=S) groups is 1. The van der Waals surface area contributed by atoms with E-state index in [0.29, 0.717) is 13.1 Å². The van der Waals surface area contributed by atoms with Gasteiger partial charge < -0.3 is 10.6 Å². The number of rotatable bonds is 5. The molecule has 1 aromatic carbocycles. The molecule has 0 atom stereocenters. The number of anilines is 1. The maximum atomic E-state index is 12.9. The van der Waals surface area contributed by atoms with E-state index < -0.39 is 11.7 Å². The zero-order chi connectivity index (χ0) is 16.9. The van der Waals surface area contributed by atoms with Gasteiger partial charge >= 0.3 is 6.18 Å². The monoisotopic (exact) mass is 406 g/mol. The molecule has 0 unspecified atom stereocenters. The van der Waals surface area contributed by atoms with Gasteiger partial charge in [-0.15, -0.1) is 0 Å². The summed E-state index contributed by atoms with van der Waals surface area (Å²) >= 11 is 8.34. The molecule has 0 bridgehead atoms. The first-order valence-corrected chi connectivity index (χ1v) is 7.95. The third-order valence-electron chi connectivity index (χ3n) is 2.93. The molecule has 0 amide bonds. The predicted octanol–water partition coefficient (Wildman–Crippen LogP) is 4.04. The van der Waals surface area contributed by atoms with E-state index in [4.69, 9.17) is 12.2 Å². The van der Waals surface area contributed by atoms with Crippen molar-refractivity contribution in [1.29, 1.82) is 0 Å². The largest absolute Gasteiger partial charge is 0.418 e. The zero-order valence-corrected chi connectivity index (χ0v) is 14.3. The molecule has 0 saturated heterocycles. The molecule has 0 saturated carbocycles. The van der Waals surface area contributed by atoms with Crippen LogP contribution in [0.5, 0.6) is 0 Å². The van der Waals surface area contributed by atoms with Gasteiger partial charge in [0.15, 0.2) is 5.11 Å². The van der Waals surface area contributed by atoms with Gasteiger partial charge in [-0.1, -0.05) is 12.1 Å². The molecule has 0 radical (unpaired) electrons. The third-order valence-corrected chi connectivity index (χ3v) is 3.59. The van der Waals surface area contributed by atoms with Crippen LogP contribution in [0.1, 0.15) is 12.0 Å². The topological polar surface area (TPSA) is 41.9 Å². The highest BCUT2D eigenvalue weighted by atomic mass is 79.9. The summed E-state index contributed by atoms with van der Waals surface area (Å²) in [6.07, 6.45) is -0.159. The molecule has 2 aromatic rings. The molecule has 124 valence electrons. The van der Waals surface area contributed by atoms with Gasteiger partial charge in [0, 0.05) is 19.3 Å². The van der Waals surface area contributed by atoms with E-state index in [1.54, 1.807) is 10.9 Å². The van der Waals surface area contributed by atoms with Crippen LogP contribution < -0.4 is 10.6 Å². The lowest BCUT2D eigenvalue weighted by atomic mass is 10.1. The van der Waals surface area contributed by atoms with E-state index in [9.17, 15) is 13.2 Å². The number of nitrogens with zero attached hydrogens (tertiary/aromatic N) is 2. The first-order valence-electron chi connectivity index (χ1n) is 6.75. The van der Waals surface area contributed by atoms with Gasteiger partial charge in [0.05, 0.1) is 21.9 Å². The van der Waals surface area contributed by atoms with E-state index in [1.165, 1.54) is 18.2 Å². The molecule has 1 aromatic heterocycles. The minimum absolute atomic E-state index is 0.0616. The number of alkyl halides is 3. The van der Waals surface area contributed by atoms with Crippen LogP contribution in [0.25, 0.3) is 0 Å². The smallest absolute Gasteiger partial charge is 0.362 e. The number of benzene rings is 1. The highest BCUT2D eigenvalue weighted by molar-refractivity contribution is 9.10. The van der Waals surface area contributed by atoms with Gasteiger partial charge in [-0.05, 0) is 46.7 Å². The lowest BCUT2D eigenvalue weighted by Gasteiger charge is -2.15. The van der Waals surface area contributed by atoms with Crippen LogP contribution in [0.4, 0.5) is 18.9 Å². The molecular formula is C14H14BrF3N4S. The number of halogens is 4. The lowest BCUT2D eigenvalue weighted by molar-refractivity contribution is -0.136. The fourth-order valence-corrected chi connectivity index (χ4v) is 2.45. The third kappa shape index (κ3) is 5.51. The Morgan fingerprint density at radius 1 is 1.30 bits per heavy atom. The normalized spacial score (nSPS) is 11.3. The van der Waals surface area contributed by atoms with Crippen molar-refractivity contribution in [2.75, 3.05) is 11.9 Å². The quantitative estimate of drug-likeness (QED) is 0.580. The molecule has 0 aliphatic carbocycles. The molecule has 9 heteroatoms. The van der Waals surface area contributed by atoms with Crippen molar-refractivity contribution in [1.82, 2.24) is 15.1 Å². The van der Waals surface area contributed by atoms with Crippen molar-refractivity contribution in [2.45, 2.75) is 19.1 Å². The van der Waals surface area contributed by atoms with Crippen molar-refractivity contribution in [3.63, 3.8) is 0 Å². The van der Waals surface area contributed by atoms with Crippen LogP contribution in [0.3, 0.4) is 0 Å². The van der Waals surface area contributed by atoms with Crippen molar-refractivity contribution in [3.05, 3.63) is 46.7 Å². The molecule has 0 aliphatic rings. The van der Waals surface area contributed by atoms with E-state index in [2.05, 4.69) is 31.7 Å². The number of nitrogens with one attached hydrogen (secondary N) is 2. The highest BCUT2D eigenvalue weighted by Crippen LogP contribution is 2.34. The first kappa shape index (κ1) is 17.7. The van der Waals surface area contributed by atoms with Gasteiger partial charge in [-0.3, -0.25) is 4.68 Å². The maximum absolute atomic E-state index is 12.9. The SMILES string of the molecule is FC(F)(F)c1ccccc1NC(=S)NCCCn1cc(Br)cn1. The number of para-hydroxylation sites is 1. The van der Waals surface area contributed by atoms with Crippen LogP contribution in [-0.2, 0) is 12.7 Å². The first-order chi connectivity index (χ1) is 10.9. The summed E-state index contributed by atoms with van der Waals surface area (Å²) in [5.74, 6) is 0. The van der Waals surface area contributed by atoms with Gasteiger partial charge in [0.25, 0.3) is 0 Å². The van der Waals surface area contributed by atoms with E-state index in [1.807, 2.05) is 6.20 Å². The van der Waals surface area contributed by atoms with E-state index in [0.717, 1.165) is 17.0 Å². The number of hydrogen-bond acceptors (Lipinski definition) is 2. The van der Waals surface area contributed by atoms with Gasteiger partial charge in [-0.25, -0.2) is 0 Å². The molecular weight excluding hydrogens is 393 g/mol. The van der Waals surface area contributed by atoms with Crippen LogP contribution in [0, 0.1) is 0 Å². The van der Waals surface area contributed by atoms with Crippen molar-refractivity contribution in [2.24, 2.45) is 0 Å². The summed E-state index contributed by atoms with van der Waals surface area (Å²) in [5, 5.41) is 9.74. The van der Waals surface area contributed by atoms with Crippen molar-refractivity contribution in [3.8, 4) is 0 Å². The van der Waals surface area contributed by atoms with Crippen LogP contribution >= 0.6 is 28.1 Å². The minimum atomic E-state index is -4.42. The highest BCUT2D eigenvalue weighted by Gasteiger charge is 2.33. The maximum Gasteiger partial charge on any atom is 0.418 e. The standard InChI is InChI=1S/C14H14BrF3N4S/c15-10-8-20-22(9-10)7-3-6-19-13(23)21-12-5-2-1-4-11(12)14(16,17)18/h1-2,4-5,8-9H,3,6-7H2,(H2,19,21,23). The summed E-state index contributed by atoms with van der Waals surface area (Å²) in [6.45, 7) is 1.21. The van der Waals surface area contributed by atoms with Gasteiger partial charge in [-0.2, -0.15) is 18.3 Å². The summed E-state index contributed by atoms with van der Waals surface area (Å²) in [7, 11) is 0. The van der Waals surface area contributed by atoms with Crippen LogP contribution in [0.15, 0.2) is 41.1 Å². The molecule has 0 aliphatic heterocycles. The summed E-state index contributed by atoms with van der Waals surface area (Å²) in [6, 6.07) is 5.22. The van der Waals surface area contributed by atoms with Gasteiger partial charge in [0.1, 0.15) is 0 Å². The Morgan fingerprint density at radius 3 is 2.70 bits per heavy atom. The molecule has 0 fully saturated rings. The Morgan fingerprint density at radius 2 is 2.04 bits per heavy atom. The predicted molar refractivity (Wildman–Crippen MR) is 90.2 cm³/mol. The summed E-state index contributed by atoms with van der Waals surface area (Å²) in [5.41, 5.74) is -0.806. The molecule has 1 heterocycles. The molecule has 0 spiro atoms. The lowest BCUT2D eigenvalue weighted by Crippen LogP contribution is -2.30. The van der Waals surface area contributed by atoms with Gasteiger partial charge in [0.2, 0.25) is 0 Å². The molecule has 23 heavy (non-hydrogen) atoms. The Bertz CT molecular complexity index is 672. The minimum Gasteiger partial charge on any atom is -0.362 e. The van der Waals surface area contributed by atoms with Crippen LogP contribution in [0.2, 0.25) is 0 Å². The molecule has 2 N–H and O–H groups in total. The second-order valence-electron chi connectivity index (χ2n) is 4.70. The molecule has 4 nitrogen and oxygen atoms in total. The number of aryl methyl sites for hydroxylation is 1. The summed E-state index contributed by atoms with van der Waals surface area (Å²) < 4.78 is 41.3. The Kier molecular flexibility index (Phi) is 6.00. The molecule has 2 rings (SSSR count). The Hall–Kier alpha value is -1.61. The van der Waals surface area contributed by atoms with Crippen molar-refractivity contribution >= 4 is 38.9 Å². The summed E-state index contributed by atoms with van der Waals surface area (Å²) in [4.78, 5) is 0. The Labute approximate surface area is 145 Å². The second kappa shape index (κ2) is 7.78.